The van der Waals surface area contributed by atoms with E-state index in [-0.39, 0.29) is 37.5 Å². The Kier molecular flexibility index (Phi) is 46.0. The van der Waals surface area contributed by atoms with E-state index in [1.807, 2.05) is 12.2 Å². The smallest absolute Gasteiger partial charge is 0.306 e. The molecular weight excluding hydrogens is 757 g/mol. The summed E-state index contributed by atoms with van der Waals surface area (Å²) >= 11 is 0. The fourth-order valence-electron chi connectivity index (χ4n) is 6.32. The van der Waals surface area contributed by atoms with Gasteiger partial charge in [-0.3, -0.25) is 14.4 Å². The summed E-state index contributed by atoms with van der Waals surface area (Å²) in [6.07, 6.45) is 64.0. The van der Waals surface area contributed by atoms with Gasteiger partial charge in [0.15, 0.2) is 6.10 Å². The summed E-state index contributed by atoms with van der Waals surface area (Å²) in [5.74, 6) is -1.03. The van der Waals surface area contributed by atoms with Gasteiger partial charge in [-0.15, -0.1) is 0 Å². The first-order chi connectivity index (χ1) is 30.0. The molecular formula is C55H90O6. The van der Waals surface area contributed by atoms with Gasteiger partial charge < -0.3 is 14.2 Å². The molecule has 0 N–H and O–H groups in total. The highest BCUT2D eigenvalue weighted by atomic mass is 16.6. The van der Waals surface area contributed by atoms with E-state index in [1.54, 1.807) is 0 Å². The SMILES string of the molecule is CC/C=C\C/C=C\C/C=C\C/C=C\CCC(=O)OCC(COC(=O)CCCCCCC/C=C\C/C=C\CCCCCC)OC(=O)CCCCCCC/C=C\C/C=C\CCCC. The number of unbranched alkanes of at least 4 members (excludes halogenated alkanes) is 16. The van der Waals surface area contributed by atoms with E-state index in [0.29, 0.717) is 19.3 Å². The van der Waals surface area contributed by atoms with Crippen molar-refractivity contribution >= 4 is 17.9 Å². The minimum Gasteiger partial charge on any atom is -0.462 e. The third kappa shape index (κ3) is 47.2. The lowest BCUT2D eigenvalue weighted by Gasteiger charge is -2.18. The van der Waals surface area contributed by atoms with Gasteiger partial charge in [0.25, 0.3) is 0 Å². The molecule has 1 atom stereocenters. The summed E-state index contributed by atoms with van der Waals surface area (Å²) < 4.78 is 16.7. The maximum absolute atomic E-state index is 12.8. The van der Waals surface area contributed by atoms with E-state index in [2.05, 4.69) is 106 Å². The Bertz CT molecular complexity index is 1250. The van der Waals surface area contributed by atoms with Crippen molar-refractivity contribution in [2.24, 2.45) is 0 Å². The Morgan fingerprint density at radius 3 is 1.15 bits per heavy atom. The van der Waals surface area contributed by atoms with Crippen LogP contribution in [0.4, 0.5) is 0 Å². The highest BCUT2D eigenvalue weighted by Gasteiger charge is 2.19. The number of rotatable bonds is 43. The molecule has 0 radical (unpaired) electrons. The van der Waals surface area contributed by atoms with Gasteiger partial charge >= 0.3 is 17.9 Å². The molecule has 0 fully saturated rings. The van der Waals surface area contributed by atoms with Gasteiger partial charge in [-0.05, 0) is 103 Å². The van der Waals surface area contributed by atoms with Crippen LogP contribution < -0.4 is 0 Å². The minimum atomic E-state index is -0.819. The summed E-state index contributed by atoms with van der Waals surface area (Å²) in [7, 11) is 0. The van der Waals surface area contributed by atoms with Gasteiger partial charge in [0.2, 0.25) is 0 Å². The molecule has 0 aliphatic carbocycles. The van der Waals surface area contributed by atoms with Crippen molar-refractivity contribution in [1.29, 1.82) is 0 Å². The molecule has 0 aromatic heterocycles. The van der Waals surface area contributed by atoms with Crippen molar-refractivity contribution in [3.05, 3.63) is 97.2 Å². The van der Waals surface area contributed by atoms with Crippen molar-refractivity contribution in [3.8, 4) is 0 Å². The number of hydrogen-bond acceptors (Lipinski definition) is 6. The molecule has 0 saturated carbocycles. The predicted molar refractivity (Wildman–Crippen MR) is 260 cm³/mol. The number of allylic oxidation sites excluding steroid dienone is 16. The third-order valence-corrected chi connectivity index (χ3v) is 10.1. The maximum atomic E-state index is 12.8. The molecule has 6 heteroatoms. The molecule has 0 aromatic rings. The van der Waals surface area contributed by atoms with Crippen LogP contribution in [-0.4, -0.2) is 37.2 Å². The van der Waals surface area contributed by atoms with Crippen LogP contribution in [0.5, 0.6) is 0 Å². The van der Waals surface area contributed by atoms with Crippen LogP contribution in [0, 0.1) is 0 Å². The van der Waals surface area contributed by atoms with Gasteiger partial charge in [-0.2, -0.15) is 0 Å². The summed E-state index contributed by atoms with van der Waals surface area (Å²) in [6, 6.07) is 0. The monoisotopic (exact) mass is 847 g/mol. The fourth-order valence-corrected chi connectivity index (χ4v) is 6.32. The molecule has 61 heavy (non-hydrogen) atoms. The van der Waals surface area contributed by atoms with Crippen molar-refractivity contribution in [3.63, 3.8) is 0 Å². The molecule has 0 rings (SSSR count). The molecule has 0 aromatic carbocycles. The normalized spacial score (nSPS) is 12.9. The van der Waals surface area contributed by atoms with E-state index < -0.39 is 6.10 Å². The van der Waals surface area contributed by atoms with Crippen molar-refractivity contribution in [2.45, 2.75) is 219 Å². The second-order valence-electron chi connectivity index (χ2n) is 16.0. The average Bonchev–Trinajstić information content (AvgIpc) is 3.26. The van der Waals surface area contributed by atoms with Crippen LogP contribution in [0.2, 0.25) is 0 Å². The van der Waals surface area contributed by atoms with Crippen molar-refractivity contribution in [2.75, 3.05) is 13.2 Å². The molecule has 0 saturated heterocycles. The molecule has 0 amide bonds. The Hall–Kier alpha value is -3.67. The average molecular weight is 847 g/mol. The summed E-state index contributed by atoms with van der Waals surface area (Å²) in [5, 5.41) is 0. The highest BCUT2D eigenvalue weighted by molar-refractivity contribution is 5.71. The number of esters is 3. The zero-order valence-corrected chi connectivity index (χ0v) is 39.4. The van der Waals surface area contributed by atoms with Crippen LogP contribution in [-0.2, 0) is 28.6 Å². The maximum Gasteiger partial charge on any atom is 0.306 e. The Balaban J connectivity index is 4.53. The number of carbonyl (C=O) groups excluding carboxylic acids is 3. The highest BCUT2D eigenvalue weighted by Crippen LogP contribution is 2.12. The Morgan fingerprint density at radius 1 is 0.344 bits per heavy atom. The quantitative estimate of drug-likeness (QED) is 0.0263. The van der Waals surface area contributed by atoms with Crippen molar-refractivity contribution < 1.29 is 28.6 Å². The van der Waals surface area contributed by atoms with Crippen LogP contribution >= 0.6 is 0 Å². The molecule has 0 aliphatic rings. The van der Waals surface area contributed by atoms with Crippen LogP contribution in [0.1, 0.15) is 213 Å². The lowest BCUT2D eigenvalue weighted by molar-refractivity contribution is -0.166. The van der Waals surface area contributed by atoms with Gasteiger partial charge in [0.05, 0.1) is 0 Å². The van der Waals surface area contributed by atoms with E-state index >= 15 is 0 Å². The standard InChI is InChI=1S/C55H90O6/c1-4-7-10-13-16-19-22-25-27-28-31-33-36-39-42-45-48-54(57)60-51-52(50-59-53(56)47-44-41-38-35-32-29-24-21-18-15-12-9-6-3)61-55(58)49-46-43-40-37-34-30-26-23-20-17-14-11-8-5-2/h9,12,14,17-19,21-23,26-29,32,38,41,52H,4-8,10-11,13,15-16,20,24-25,30-31,33-37,39-40,42-51H2,1-3H3/b12-9-,17-14-,21-18-,22-19-,26-23-,28-27-,32-29-,41-38-. The first-order valence-electron chi connectivity index (χ1n) is 24.7. The first-order valence-corrected chi connectivity index (χ1v) is 24.7. The molecule has 0 bridgehead atoms. The lowest BCUT2D eigenvalue weighted by atomic mass is 10.1. The molecule has 0 aliphatic heterocycles. The van der Waals surface area contributed by atoms with Crippen LogP contribution in [0.15, 0.2) is 97.2 Å². The Morgan fingerprint density at radius 2 is 0.689 bits per heavy atom. The minimum absolute atomic E-state index is 0.114. The van der Waals surface area contributed by atoms with Crippen LogP contribution in [0.3, 0.4) is 0 Å². The lowest BCUT2D eigenvalue weighted by Crippen LogP contribution is -2.30. The first kappa shape index (κ1) is 57.3. The van der Waals surface area contributed by atoms with E-state index in [4.69, 9.17) is 14.2 Å². The van der Waals surface area contributed by atoms with E-state index in [0.717, 1.165) is 116 Å². The second-order valence-corrected chi connectivity index (χ2v) is 16.0. The van der Waals surface area contributed by atoms with Gasteiger partial charge in [-0.1, -0.05) is 189 Å². The third-order valence-electron chi connectivity index (χ3n) is 10.1. The van der Waals surface area contributed by atoms with Gasteiger partial charge in [-0.25, -0.2) is 0 Å². The number of hydrogen-bond donors (Lipinski definition) is 0. The topological polar surface area (TPSA) is 78.9 Å². The van der Waals surface area contributed by atoms with Gasteiger partial charge in [0, 0.05) is 19.3 Å². The molecule has 1 unspecified atom stereocenters. The summed E-state index contributed by atoms with van der Waals surface area (Å²) in [4.78, 5) is 37.9. The van der Waals surface area contributed by atoms with E-state index in [1.165, 1.54) is 51.4 Å². The zero-order chi connectivity index (χ0) is 44.4. The number of ether oxygens (including phenoxy) is 3. The van der Waals surface area contributed by atoms with Crippen LogP contribution in [0.25, 0.3) is 0 Å². The number of carbonyl (C=O) groups is 3. The molecule has 0 spiro atoms. The zero-order valence-electron chi connectivity index (χ0n) is 39.4. The Labute approximate surface area is 375 Å². The fraction of sp³-hybridized carbons (Fsp3) is 0.655. The largest absolute Gasteiger partial charge is 0.462 e. The van der Waals surface area contributed by atoms with Crippen molar-refractivity contribution in [1.82, 2.24) is 0 Å². The second kappa shape index (κ2) is 49.0. The molecule has 6 nitrogen and oxygen atoms in total. The molecule has 346 valence electrons. The van der Waals surface area contributed by atoms with Gasteiger partial charge in [0.1, 0.15) is 13.2 Å². The predicted octanol–water partition coefficient (Wildman–Crippen LogP) is 16.2. The molecule has 0 heterocycles. The van der Waals surface area contributed by atoms with E-state index in [9.17, 15) is 14.4 Å². The summed E-state index contributed by atoms with van der Waals surface area (Å²) in [6.45, 7) is 6.36. The summed E-state index contributed by atoms with van der Waals surface area (Å²) in [5.41, 5.74) is 0.